The van der Waals surface area contributed by atoms with Gasteiger partial charge in [-0.05, 0) is 114 Å². The van der Waals surface area contributed by atoms with Crippen LogP contribution in [0.15, 0.2) is 150 Å². The summed E-state index contributed by atoms with van der Waals surface area (Å²) in [5, 5.41) is 3.90. The fourth-order valence-electron chi connectivity index (χ4n) is 10.8. The summed E-state index contributed by atoms with van der Waals surface area (Å²) >= 11 is 0. The third-order valence-corrected chi connectivity index (χ3v) is 13.6. The molecule has 0 fully saturated rings. The van der Waals surface area contributed by atoms with Gasteiger partial charge in [-0.25, -0.2) is 9.97 Å². The molecule has 0 amide bonds. The Labute approximate surface area is 329 Å². The van der Waals surface area contributed by atoms with Crippen LogP contribution in [-0.2, 0) is 0 Å². The third kappa shape index (κ3) is 5.31. The second-order valence-electron chi connectivity index (χ2n) is 17.0. The van der Waals surface area contributed by atoms with Crippen LogP contribution < -0.4 is 10.6 Å². The molecule has 3 heteroatoms. The highest BCUT2D eigenvalue weighted by Crippen LogP contribution is 2.59. The van der Waals surface area contributed by atoms with Gasteiger partial charge in [-0.15, -0.1) is 0 Å². The molecule has 2 aromatic heterocycles. The summed E-state index contributed by atoms with van der Waals surface area (Å²) in [6.45, 7) is 4.93. The summed E-state index contributed by atoms with van der Waals surface area (Å²) in [5.41, 5.74) is 16.2. The predicted octanol–water partition coefficient (Wildman–Crippen LogP) is 11.6. The molecule has 3 atom stereocenters. The molecule has 274 valence electrons. The number of allylic oxidation sites excluding steroid dienone is 13. The molecule has 11 rings (SSSR count). The Morgan fingerprint density at radius 3 is 2.34 bits per heavy atom. The largest absolute Gasteiger partial charge is 0.310 e. The highest BCUT2D eigenvalue weighted by atomic mass is 15.0. The van der Waals surface area contributed by atoms with Crippen molar-refractivity contribution in [2.45, 2.75) is 70.6 Å². The van der Waals surface area contributed by atoms with Gasteiger partial charge in [-0.2, -0.15) is 0 Å². The lowest BCUT2D eigenvalue weighted by Crippen LogP contribution is -2.34. The Morgan fingerprint density at radius 2 is 1.52 bits per heavy atom. The fourth-order valence-corrected chi connectivity index (χ4v) is 10.8. The molecule has 6 aliphatic carbocycles. The third-order valence-electron chi connectivity index (χ3n) is 13.6. The normalized spacial score (nSPS) is 23.0. The van der Waals surface area contributed by atoms with Gasteiger partial charge in [0.15, 0.2) is 5.82 Å². The Hall–Kier alpha value is -5.80. The Bertz CT molecular complexity index is 2790. The van der Waals surface area contributed by atoms with E-state index >= 15 is 0 Å². The number of nitrogens with zero attached hydrogens (tertiary/aromatic N) is 3. The molecule has 0 N–H and O–H groups in total. The van der Waals surface area contributed by atoms with Gasteiger partial charge in [-0.3, -0.25) is 0 Å². The number of hydrogen-bond acceptors (Lipinski definition) is 2. The first kappa shape index (κ1) is 33.5. The van der Waals surface area contributed by atoms with E-state index < -0.39 is 0 Å². The molecule has 56 heavy (non-hydrogen) atoms. The van der Waals surface area contributed by atoms with Crippen molar-refractivity contribution in [2.24, 2.45) is 11.3 Å². The summed E-state index contributed by atoms with van der Waals surface area (Å²) < 4.78 is 2.54. The Balaban J connectivity index is 0.978. The van der Waals surface area contributed by atoms with Gasteiger partial charge in [0.1, 0.15) is 0 Å². The predicted molar refractivity (Wildman–Crippen MR) is 232 cm³/mol. The molecule has 0 saturated carbocycles. The molecule has 0 aliphatic heterocycles. The molecule has 0 spiro atoms. The standard InChI is InChI=1S/C53H47N3/c1-53(2)44-19-11-9-17-41(44)49-45(53)30-32-48-50(49)43-33-39(29-31-47(43)56(48)40-15-7-4-8-16-40)36-23-27-38(28-24-36)52-54-46-20-12-10-18-42(46)51(55-52)37-25-21-35(22-26-37)34-13-5-3-6-14-34/h3-5,7-8,10-13,15-16,18-21,23-25,27-28,30-33,39,45,49H,6,9,14,17,22,26,29H2,1-2H3. The van der Waals surface area contributed by atoms with Gasteiger partial charge >= 0.3 is 0 Å². The van der Waals surface area contributed by atoms with E-state index in [0.717, 1.165) is 72.9 Å². The number of rotatable bonds is 5. The van der Waals surface area contributed by atoms with Gasteiger partial charge < -0.3 is 4.57 Å². The number of para-hydroxylation sites is 2. The smallest absolute Gasteiger partial charge is 0.160 e. The number of fused-ring (bicyclic) bond motifs is 7. The molecule has 3 unspecified atom stereocenters. The fraction of sp³-hybridized carbons (Fsp3) is 0.245. The maximum Gasteiger partial charge on any atom is 0.160 e. The van der Waals surface area contributed by atoms with Crippen LogP contribution in [0.25, 0.3) is 51.8 Å². The topological polar surface area (TPSA) is 30.7 Å². The van der Waals surface area contributed by atoms with Crippen LogP contribution in [0.2, 0.25) is 0 Å². The second-order valence-corrected chi connectivity index (χ2v) is 17.0. The summed E-state index contributed by atoms with van der Waals surface area (Å²) in [5.74, 6) is 1.97. The van der Waals surface area contributed by atoms with Crippen LogP contribution in [0.1, 0.15) is 93.1 Å². The van der Waals surface area contributed by atoms with Crippen molar-refractivity contribution in [2.75, 3.05) is 0 Å². The van der Waals surface area contributed by atoms with Crippen LogP contribution in [0.5, 0.6) is 0 Å². The highest BCUT2D eigenvalue weighted by molar-refractivity contribution is 5.92. The van der Waals surface area contributed by atoms with Crippen LogP contribution in [0.3, 0.4) is 0 Å². The second kappa shape index (κ2) is 13.2. The van der Waals surface area contributed by atoms with Crippen LogP contribution in [0.4, 0.5) is 0 Å². The molecule has 2 heterocycles. The van der Waals surface area contributed by atoms with Gasteiger partial charge in [0.05, 0.1) is 16.9 Å². The van der Waals surface area contributed by atoms with E-state index in [0.29, 0.717) is 17.8 Å². The highest BCUT2D eigenvalue weighted by Gasteiger charge is 2.49. The van der Waals surface area contributed by atoms with E-state index in [9.17, 15) is 0 Å². The number of hydrogen-bond donors (Lipinski definition) is 0. The SMILES string of the molecule is CC1(C)C2=C(CCC=C2)C2c3c(n(-c4ccccc4)c4c3=CC(c3ccc(-c5nc(C6=CC=C(C7=CC=CCC7)CC6)c6ccccc6n5)cc3)CC=4)C=CC21. The van der Waals surface area contributed by atoms with Gasteiger partial charge in [0.25, 0.3) is 0 Å². The first-order valence-electron chi connectivity index (χ1n) is 20.8. The monoisotopic (exact) mass is 725 g/mol. The van der Waals surface area contributed by atoms with Crippen molar-refractivity contribution < 1.29 is 0 Å². The Kier molecular flexibility index (Phi) is 7.88. The van der Waals surface area contributed by atoms with E-state index in [2.05, 4.69) is 164 Å². The summed E-state index contributed by atoms with van der Waals surface area (Å²) in [4.78, 5) is 10.4. The van der Waals surface area contributed by atoms with Crippen LogP contribution in [0, 0.1) is 11.3 Å². The molecular weight excluding hydrogens is 679 g/mol. The summed E-state index contributed by atoms with van der Waals surface area (Å²) in [7, 11) is 0. The lowest BCUT2D eigenvalue weighted by molar-refractivity contribution is 0.332. The van der Waals surface area contributed by atoms with Crippen LogP contribution >= 0.6 is 0 Å². The lowest BCUT2D eigenvalue weighted by Gasteiger charge is -2.33. The molecule has 3 nitrogen and oxygen atoms in total. The molecule has 0 bridgehead atoms. The number of benzene rings is 3. The lowest BCUT2D eigenvalue weighted by atomic mass is 9.70. The molecule has 0 saturated heterocycles. The van der Waals surface area contributed by atoms with Crippen LogP contribution in [-0.4, -0.2) is 14.5 Å². The quantitative estimate of drug-likeness (QED) is 0.181. The van der Waals surface area contributed by atoms with Gasteiger partial charge in [-0.1, -0.05) is 141 Å². The zero-order chi connectivity index (χ0) is 37.4. The number of aromatic nitrogens is 3. The van der Waals surface area contributed by atoms with E-state index in [1.807, 2.05) is 0 Å². The Morgan fingerprint density at radius 1 is 0.732 bits per heavy atom. The average molecular weight is 726 g/mol. The summed E-state index contributed by atoms with van der Waals surface area (Å²) in [6, 6.07) is 28.6. The first-order chi connectivity index (χ1) is 27.5. The molecule has 5 aromatic rings. The zero-order valence-electron chi connectivity index (χ0n) is 32.4. The first-order valence-corrected chi connectivity index (χ1v) is 20.8. The molecular formula is C53H47N3. The van der Waals surface area contributed by atoms with E-state index in [4.69, 9.17) is 9.97 Å². The minimum Gasteiger partial charge on any atom is -0.310 e. The molecule has 3 aromatic carbocycles. The summed E-state index contributed by atoms with van der Waals surface area (Å²) in [6.07, 6.45) is 33.9. The minimum atomic E-state index is 0.114. The van der Waals surface area contributed by atoms with Crippen molar-refractivity contribution in [1.82, 2.24) is 14.5 Å². The minimum absolute atomic E-state index is 0.114. The van der Waals surface area contributed by atoms with E-state index in [-0.39, 0.29) is 5.41 Å². The van der Waals surface area contributed by atoms with Crippen molar-refractivity contribution in [1.29, 1.82) is 0 Å². The molecule has 6 aliphatic rings. The van der Waals surface area contributed by atoms with Crippen molar-refractivity contribution in [3.8, 4) is 17.1 Å². The maximum absolute atomic E-state index is 5.29. The zero-order valence-corrected chi connectivity index (χ0v) is 32.4. The van der Waals surface area contributed by atoms with Crippen molar-refractivity contribution in [3.63, 3.8) is 0 Å². The van der Waals surface area contributed by atoms with Gasteiger partial charge in [0, 0.05) is 39.0 Å². The van der Waals surface area contributed by atoms with E-state index in [1.54, 1.807) is 11.1 Å². The van der Waals surface area contributed by atoms with E-state index in [1.165, 1.54) is 49.8 Å². The average Bonchev–Trinajstić information content (AvgIpc) is 3.72. The molecule has 0 radical (unpaired) electrons. The van der Waals surface area contributed by atoms with Crippen molar-refractivity contribution in [3.05, 3.63) is 183 Å². The van der Waals surface area contributed by atoms with Gasteiger partial charge in [0.2, 0.25) is 0 Å². The van der Waals surface area contributed by atoms with Crippen molar-refractivity contribution >= 4 is 34.7 Å². The maximum atomic E-state index is 5.29.